The van der Waals surface area contributed by atoms with Crippen LogP contribution in [-0.4, -0.2) is 0 Å². The van der Waals surface area contributed by atoms with Crippen LogP contribution in [0.25, 0.3) is 183 Å². The molecule has 0 radical (unpaired) electrons. The van der Waals surface area contributed by atoms with E-state index in [4.69, 9.17) is 8.83 Å². The van der Waals surface area contributed by atoms with Crippen molar-refractivity contribution in [2.75, 3.05) is 9.80 Å². The third-order valence-corrected chi connectivity index (χ3v) is 25.4. The van der Waals surface area contributed by atoms with Crippen LogP contribution in [0.15, 0.2) is 452 Å². The Hall–Kier alpha value is -15.9. The molecule has 0 atom stereocenters. The second kappa shape index (κ2) is 31.0. The molecule has 2 aromatic heterocycles. The summed E-state index contributed by atoms with van der Waals surface area (Å²) in [5.74, 6) is 0.886. The Morgan fingerprint density at radius 3 is 1.01 bits per heavy atom. The minimum Gasteiger partial charge on any atom is -0.461 e. The van der Waals surface area contributed by atoms with Crippen LogP contribution < -0.4 is 9.80 Å². The molecule has 0 fully saturated rings. The number of hydrogen-bond acceptors (Lipinski definition) is 4. The number of allylic oxidation sites excluding steroid dienone is 2. The molecule has 4 heteroatoms. The third-order valence-electron chi connectivity index (χ3n) is 25.4. The van der Waals surface area contributed by atoms with Gasteiger partial charge in [-0.25, -0.2) is 0 Å². The van der Waals surface area contributed by atoms with Crippen LogP contribution in [0, 0.1) is 6.92 Å². The standard InChI is InChI=1S/C120H84N2O2/c1-5-6-26-107-78(2)123-117-75-98(50-66-112(107)117)83-43-59-105(60-44-83)122(106-63-47-86(48-64-106)109-28-13-12-27-108(109)85-19-8-7-9-20-85)102-55-39-81(40-56-102)89-23-17-25-91(70-89)93-33-34-95-73-96(36-35-94(95)72-93)100-52-68-114-113-67-51-99(76-118(113)124-119(114)77-100)84-45-61-104(62-46-84)121(103-57-41-82(42-58-103)97-49-65-111-110-29-14-15-30-115(110)120(3,4)116(111)74-97)101-53-37-80(38-54-101)88-22-16-24-90(69-88)92-32-31-79-18-10-11-21-87(79)71-92/h5-77H,1H2,2-4H3/b26-6-. The van der Waals surface area contributed by atoms with E-state index < -0.39 is 0 Å². The molecule has 22 rings (SSSR count). The van der Waals surface area contributed by atoms with Crippen LogP contribution >= 0.6 is 0 Å². The number of benzene rings is 19. The maximum Gasteiger partial charge on any atom is 0.136 e. The number of rotatable bonds is 18. The minimum absolute atomic E-state index is 0.0853. The zero-order valence-electron chi connectivity index (χ0n) is 69.1. The molecule has 1 aliphatic rings. The summed E-state index contributed by atoms with van der Waals surface area (Å²) in [4.78, 5) is 4.71. The van der Waals surface area contributed by atoms with Gasteiger partial charge in [0.05, 0.1) is 0 Å². The van der Waals surface area contributed by atoms with Gasteiger partial charge in [0.15, 0.2) is 0 Å². The van der Waals surface area contributed by atoms with Crippen molar-refractivity contribution in [3.63, 3.8) is 0 Å². The number of hydrogen-bond donors (Lipinski definition) is 0. The Labute approximate surface area is 722 Å². The molecule has 0 unspecified atom stereocenters. The highest BCUT2D eigenvalue weighted by atomic mass is 16.3. The number of anilines is 6. The number of fused-ring (bicyclic) bond motifs is 9. The fourth-order valence-electron chi connectivity index (χ4n) is 18.8. The first kappa shape index (κ1) is 74.4. The van der Waals surface area contributed by atoms with Gasteiger partial charge < -0.3 is 18.6 Å². The number of aryl methyl sites for hydroxylation is 1. The molecule has 124 heavy (non-hydrogen) atoms. The van der Waals surface area contributed by atoms with Gasteiger partial charge in [-0.2, -0.15) is 0 Å². The molecular formula is C120H84N2O2. The van der Waals surface area contributed by atoms with Crippen molar-refractivity contribution in [1.82, 2.24) is 0 Å². The van der Waals surface area contributed by atoms with Gasteiger partial charge in [0, 0.05) is 61.3 Å². The average molecular weight is 1590 g/mol. The van der Waals surface area contributed by atoms with Crippen LogP contribution in [0.2, 0.25) is 0 Å². The summed E-state index contributed by atoms with van der Waals surface area (Å²) in [5, 5.41) is 8.10. The minimum atomic E-state index is -0.0853. The van der Waals surface area contributed by atoms with E-state index >= 15 is 0 Å². The van der Waals surface area contributed by atoms with Crippen molar-refractivity contribution in [2.24, 2.45) is 0 Å². The third kappa shape index (κ3) is 13.7. The maximum absolute atomic E-state index is 6.83. The summed E-state index contributed by atoms with van der Waals surface area (Å²) < 4.78 is 13.1. The smallest absolute Gasteiger partial charge is 0.136 e. The summed E-state index contributed by atoms with van der Waals surface area (Å²) >= 11 is 0. The van der Waals surface area contributed by atoms with Crippen LogP contribution in [0.3, 0.4) is 0 Å². The summed E-state index contributed by atoms with van der Waals surface area (Å²) in [6, 6.07) is 156. The van der Waals surface area contributed by atoms with E-state index in [2.05, 4.69) is 461 Å². The van der Waals surface area contributed by atoms with E-state index in [-0.39, 0.29) is 5.41 Å². The highest BCUT2D eigenvalue weighted by Gasteiger charge is 2.35. The number of furan rings is 2. The molecular weight excluding hydrogens is 1500 g/mol. The van der Waals surface area contributed by atoms with Crippen molar-refractivity contribution in [2.45, 2.75) is 26.2 Å². The first-order chi connectivity index (χ1) is 61.0. The van der Waals surface area contributed by atoms with E-state index in [0.29, 0.717) is 0 Å². The van der Waals surface area contributed by atoms with Crippen LogP contribution in [0.1, 0.15) is 36.3 Å². The lowest BCUT2D eigenvalue weighted by Crippen LogP contribution is -2.14. The summed E-state index contributed by atoms with van der Waals surface area (Å²) in [6.07, 6.45) is 5.81. The molecule has 0 saturated carbocycles. The van der Waals surface area contributed by atoms with Gasteiger partial charge in [-0.05, 0) is 308 Å². The Morgan fingerprint density at radius 2 is 0.540 bits per heavy atom. The summed E-state index contributed by atoms with van der Waals surface area (Å²) in [5.41, 5.74) is 38.5. The van der Waals surface area contributed by atoms with E-state index in [1.165, 1.54) is 88.3 Å². The van der Waals surface area contributed by atoms with Crippen molar-refractivity contribution in [3.05, 3.63) is 466 Å². The Morgan fingerprint density at radius 1 is 0.234 bits per heavy atom. The van der Waals surface area contributed by atoms with Crippen molar-refractivity contribution >= 4 is 94.7 Å². The lowest BCUT2D eigenvalue weighted by molar-refractivity contribution is 0.577. The topological polar surface area (TPSA) is 32.8 Å². The Kier molecular flexibility index (Phi) is 18.6. The van der Waals surface area contributed by atoms with E-state index in [9.17, 15) is 0 Å². The maximum atomic E-state index is 6.83. The fourth-order valence-corrected chi connectivity index (χ4v) is 18.8. The highest BCUT2D eigenvalue weighted by molar-refractivity contribution is 6.08. The number of nitrogens with zero attached hydrogens (tertiary/aromatic N) is 2. The zero-order valence-corrected chi connectivity index (χ0v) is 69.1. The molecule has 0 amide bonds. The van der Waals surface area contributed by atoms with Gasteiger partial charge >= 0.3 is 0 Å². The molecule has 0 saturated heterocycles. The lowest BCUT2D eigenvalue weighted by atomic mass is 9.81. The first-order valence-electron chi connectivity index (χ1n) is 42.7. The van der Waals surface area contributed by atoms with Crippen LogP contribution in [-0.2, 0) is 5.41 Å². The van der Waals surface area contributed by atoms with E-state index in [1.807, 2.05) is 13.0 Å². The van der Waals surface area contributed by atoms with Crippen molar-refractivity contribution < 1.29 is 8.83 Å². The molecule has 2 heterocycles. The van der Waals surface area contributed by atoms with Gasteiger partial charge in [0.1, 0.15) is 22.5 Å². The van der Waals surface area contributed by atoms with Gasteiger partial charge in [-0.15, -0.1) is 0 Å². The molecule has 21 aromatic rings. The predicted octanol–water partition coefficient (Wildman–Crippen LogP) is 34.1. The highest BCUT2D eigenvalue weighted by Crippen LogP contribution is 2.51. The quantitative estimate of drug-likeness (QED) is 0.0802. The first-order valence-corrected chi connectivity index (χ1v) is 42.7. The van der Waals surface area contributed by atoms with E-state index in [1.54, 1.807) is 6.08 Å². The van der Waals surface area contributed by atoms with Crippen LogP contribution in [0.5, 0.6) is 0 Å². The largest absolute Gasteiger partial charge is 0.461 e. The molecule has 0 N–H and O–H groups in total. The van der Waals surface area contributed by atoms with E-state index in [0.717, 1.165) is 145 Å². The fraction of sp³-hybridized carbons (Fsp3) is 0.0333. The van der Waals surface area contributed by atoms with Gasteiger partial charge in [0.2, 0.25) is 0 Å². The average Bonchev–Trinajstić information content (AvgIpc) is 1.57. The summed E-state index contributed by atoms with van der Waals surface area (Å²) in [6.45, 7) is 10.6. The second-order valence-corrected chi connectivity index (χ2v) is 33.2. The van der Waals surface area contributed by atoms with Gasteiger partial charge in [-0.3, -0.25) is 0 Å². The van der Waals surface area contributed by atoms with Gasteiger partial charge in [0.25, 0.3) is 0 Å². The normalized spacial score (nSPS) is 12.2. The second-order valence-electron chi connectivity index (χ2n) is 33.2. The monoisotopic (exact) mass is 1580 g/mol. The Bertz CT molecular complexity index is 7740. The molecule has 4 nitrogen and oxygen atoms in total. The SMILES string of the molecule is C=C/C=C\c1c(C)oc2cc(-c3ccc(N(c4ccc(-c5cccc(-c6ccc7cc(-c8ccc9c(c8)oc8cc(-c%10ccc(N(c%11ccc(-c%12cccc(-c%13ccc%14ccccc%14c%13)c%12)cc%11)c%11ccc(-c%12ccc%13c(c%12)C(C)(C)c%12ccccc%12-%13)cc%11)cc%10)ccc89)ccc7c6)c5)cc4)c4ccc(-c5ccccc5-c5ccccc5)cc4)cc3)ccc12. The Balaban J connectivity index is 0.517. The molecule has 19 aromatic carbocycles. The van der Waals surface area contributed by atoms with Crippen molar-refractivity contribution in [3.8, 4) is 122 Å². The zero-order chi connectivity index (χ0) is 82.9. The molecule has 0 spiro atoms. The predicted molar refractivity (Wildman–Crippen MR) is 524 cm³/mol. The molecule has 0 bridgehead atoms. The molecule has 1 aliphatic carbocycles. The van der Waals surface area contributed by atoms with Gasteiger partial charge in [-0.1, -0.05) is 318 Å². The summed E-state index contributed by atoms with van der Waals surface area (Å²) in [7, 11) is 0. The molecule has 586 valence electrons. The lowest BCUT2D eigenvalue weighted by Gasteiger charge is -2.26. The van der Waals surface area contributed by atoms with Crippen molar-refractivity contribution in [1.29, 1.82) is 0 Å². The van der Waals surface area contributed by atoms with Crippen LogP contribution in [0.4, 0.5) is 34.1 Å². The molecule has 0 aliphatic heterocycles.